The van der Waals surface area contributed by atoms with Crippen LogP contribution in [0.2, 0.25) is 0 Å². The van der Waals surface area contributed by atoms with Gasteiger partial charge in [-0.25, -0.2) is 4.98 Å². The van der Waals surface area contributed by atoms with Crippen LogP contribution < -0.4 is 15.4 Å². The molecule has 1 amide bonds. The SMILES string of the molecule is COCCNc1ccc(C(=O)NCCc2ccc(OC)cc2)cn1. The van der Waals surface area contributed by atoms with Crippen molar-refractivity contribution in [2.24, 2.45) is 0 Å². The van der Waals surface area contributed by atoms with Gasteiger partial charge in [0.25, 0.3) is 5.91 Å². The second kappa shape index (κ2) is 9.52. The molecule has 1 aromatic carbocycles. The molecule has 0 saturated heterocycles. The molecule has 1 heterocycles. The van der Waals surface area contributed by atoms with Gasteiger partial charge < -0.3 is 20.1 Å². The highest BCUT2D eigenvalue weighted by atomic mass is 16.5. The minimum atomic E-state index is -0.126. The van der Waals surface area contributed by atoms with Gasteiger partial charge in [-0.15, -0.1) is 0 Å². The molecule has 0 atom stereocenters. The van der Waals surface area contributed by atoms with Gasteiger partial charge in [0.05, 0.1) is 19.3 Å². The van der Waals surface area contributed by atoms with Crippen LogP contribution in [0.25, 0.3) is 0 Å². The van der Waals surface area contributed by atoms with E-state index in [9.17, 15) is 4.79 Å². The number of rotatable bonds is 9. The number of benzene rings is 1. The summed E-state index contributed by atoms with van der Waals surface area (Å²) in [4.78, 5) is 16.3. The fraction of sp³-hybridized carbons (Fsp3) is 0.333. The Morgan fingerprint density at radius 2 is 1.88 bits per heavy atom. The number of amides is 1. The van der Waals surface area contributed by atoms with Crippen molar-refractivity contribution in [2.75, 3.05) is 39.2 Å². The minimum absolute atomic E-state index is 0.126. The first kappa shape index (κ1) is 17.7. The van der Waals surface area contributed by atoms with Crippen molar-refractivity contribution in [3.63, 3.8) is 0 Å². The summed E-state index contributed by atoms with van der Waals surface area (Å²) in [7, 11) is 3.29. The summed E-state index contributed by atoms with van der Waals surface area (Å²) in [6, 6.07) is 11.4. The Hall–Kier alpha value is -2.60. The molecule has 0 aliphatic heterocycles. The zero-order chi connectivity index (χ0) is 17.2. The molecule has 24 heavy (non-hydrogen) atoms. The number of carbonyl (C=O) groups excluding carboxylic acids is 1. The van der Waals surface area contributed by atoms with Gasteiger partial charge in [0, 0.05) is 26.4 Å². The second-order valence-electron chi connectivity index (χ2n) is 5.21. The summed E-state index contributed by atoms with van der Waals surface area (Å²) in [5.74, 6) is 1.43. The van der Waals surface area contributed by atoms with E-state index in [0.717, 1.165) is 23.6 Å². The highest BCUT2D eigenvalue weighted by Gasteiger charge is 2.05. The maximum Gasteiger partial charge on any atom is 0.252 e. The third kappa shape index (κ3) is 5.55. The predicted octanol–water partition coefficient (Wildman–Crippen LogP) is 2.12. The minimum Gasteiger partial charge on any atom is -0.497 e. The van der Waals surface area contributed by atoms with Gasteiger partial charge in [0.2, 0.25) is 0 Å². The molecule has 128 valence electrons. The lowest BCUT2D eigenvalue weighted by Gasteiger charge is -2.08. The van der Waals surface area contributed by atoms with Gasteiger partial charge in [-0.2, -0.15) is 0 Å². The number of carbonyl (C=O) groups is 1. The molecule has 0 spiro atoms. The van der Waals surface area contributed by atoms with Crippen molar-refractivity contribution < 1.29 is 14.3 Å². The Bertz CT molecular complexity index is 627. The Balaban J connectivity index is 1.77. The van der Waals surface area contributed by atoms with E-state index in [2.05, 4.69) is 15.6 Å². The molecule has 0 aliphatic carbocycles. The first-order chi connectivity index (χ1) is 11.7. The second-order valence-corrected chi connectivity index (χ2v) is 5.21. The number of ether oxygens (including phenoxy) is 2. The monoisotopic (exact) mass is 329 g/mol. The predicted molar refractivity (Wildman–Crippen MR) is 93.6 cm³/mol. The molecule has 1 aromatic heterocycles. The normalized spacial score (nSPS) is 10.2. The van der Waals surface area contributed by atoms with E-state index < -0.39 is 0 Å². The van der Waals surface area contributed by atoms with E-state index >= 15 is 0 Å². The van der Waals surface area contributed by atoms with Crippen LogP contribution in [-0.4, -0.2) is 44.8 Å². The lowest BCUT2D eigenvalue weighted by Crippen LogP contribution is -2.25. The standard InChI is InChI=1S/C18H23N3O3/c1-23-12-11-19-17-8-5-15(13-21-17)18(22)20-10-9-14-3-6-16(24-2)7-4-14/h3-8,13H,9-12H2,1-2H3,(H,19,21)(H,20,22). The van der Waals surface area contributed by atoms with Crippen molar-refractivity contribution >= 4 is 11.7 Å². The van der Waals surface area contributed by atoms with Gasteiger partial charge in [0.15, 0.2) is 0 Å². The topological polar surface area (TPSA) is 72.5 Å². The number of nitrogens with zero attached hydrogens (tertiary/aromatic N) is 1. The molecule has 2 N–H and O–H groups in total. The largest absolute Gasteiger partial charge is 0.497 e. The first-order valence-electron chi connectivity index (χ1n) is 7.83. The Kier molecular flexibility index (Phi) is 7.04. The van der Waals surface area contributed by atoms with Gasteiger partial charge in [-0.05, 0) is 36.2 Å². The molecule has 6 nitrogen and oxygen atoms in total. The van der Waals surface area contributed by atoms with Crippen molar-refractivity contribution in [3.05, 3.63) is 53.7 Å². The fourth-order valence-corrected chi connectivity index (χ4v) is 2.13. The van der Waals surface area contributed by atoms with E-state index in [4.69, 9.17) is 9.47 Å². The molecule has 0 bridgehead atoms. The number of pyridine rings is 1. The number of anilines is 1. The quantitative estimate of drug-likeness (QED) is 0.690. The Morgan fingerprint density at radius 3 is 2.50 bits per heavy atom. The van der Waals surface area contributed by atoms with Crippen molar-refractivity contribution in [3.8, 4) is 5.75 Å². The number of methoxy groups -OCH3 is 2. The molecule has 2 aromatic rings. The zero-order valence-electron chi connectivity index (χ0n) is 14.0. The molecule has 2 rings (SSSR count). The van der Waals surface area contributed by atoms with Crippen LogP contribution >= 0.6 is 0 Å². The Morgan fingerprint density at radius 1 is 1.08 bits per heavy atom. The maximum absolute atomic E-state index is 12.1. The summed E-state index contributed by atoms with van der Waals surface area (Å²) in [6.45, 7) is 1.85. The summed E-state index contributed by atoms with van der Waals surface area (Å²) >= 11 is 0. The van der Waals surface area contributed by atoms with Crippen LogP contribution in [0.5, 0.6) is 5.75 Å². The van der Waals surface area contributed by atoms with E-state index in [1.54, 1.807) is 32.5 Å². The highest BCUT2D eigenvalue weighted by molar-refractivity contribution is 5.94. The van der Waals surface area contributed by atoms with Crippen LogP contribution in [0.15, 0.2) is 42.6 Å². The van der Waals surface area contributed by atoms with Crippen molar-refractivity contribution in [1.29, 1.82) is 0 Å². The van der Waals surface area contributed by atoms with Crippen LogP contribution in [0.3, 0.4) is 0 Å². The average Bonchev–Trinajstić information content (AvgIpc) is 2.63. The third-order valence-corrected chi connectivity index (χ3v) is 3.50. The molecule has 0 fully saturated rings. The molecule has 0 unspecified atom stereocenters. The average molecular weight is 329 g/mol. The molecule has 6 heteroatoms. The lowest BCUT2D eigenvalue weighted by atomic mass is 10.1. The smallest absolute Gasteiger partial charge is 0.252 e. The van der Waals surface area contributed by atoms with E-state index in [-0.39, 0.29) is 5.91 Å². The van der Waals surface area contributed by atoms with Crippen LogP contribution in [-0.2, 0) is 11.2 Å². The number of hydrogen-bond donors (Lipinski definition) is 2. The number of aromatic nitrogens is 1. The first-order valence-corrected chi connectivity index (χ1v) is 7.83. The molecule has 0 aliphatic rings. The van der Waals surface area contributed by atoms with Crippen LogP contribution in [0.1, 0.15) is 15.9 Å². The highest BCUT2D eigenvalue weighted by Crippen LogP contribution is 2.11. The van der Waals surface area contributed by atoms with Crippen molar-refractivity contribution in [2.45, 2.75) is 6.42 Å². The lowest BCUT2D eigenvalue weighted by molar-refractivity contribution is 0.0954. The summed E-state index contributed by atoms with van der Waals surface area (Å²) in [6.07, 6.45) is 2.33. The van der Waals surface area contributed by atoms with Gasteiger partial charge >= 0.3 is 0 Å². The third-order valence-electron chi connectivity index (χ3n) is 3.50. The van der Waals surface area contributed by atoms with Crippen molar-refractivity contribution in [1.82, 2.24) is 10.3 Å². The van der Waals surface area contributed by atoms with Gasteiger partial charge in [-0.1, -0.05) is 12.1 Å². The van der Waals surface area contributed by atoms with E-state index in [0.29, 0.717) is 25.3 Å². The molecule has 0 saturated carbocycles. The van der Waals surface area contributed by atoms with E-state index in [1.807, 2.05) is 24.3 Å². The molecule has 0 radical (unpaired) electrons. The molecular weight excluding hydrogens is 306 g/mol. The number of nitrogens with one attached hydrogen (secondary N) is 2. The number of hydrogen-bond acceptors (Lipinski definition) is 5. The fourth-order valence-electron chi connectivity index (χ4n) is 2.13. The zero-order valence-corrected chi connectivity index (χ0v) is 14.0. The summed E-state index contributed by atoms with van der Waals surface area (Å²) < 4.78 is 10.1. The van der Waals surface area contributed by atoms with Gasteiger partial charge in [0.1, 0.15) is 11.6 Å². The van der Waals surface area contributed by atoms with Crippen LogP contribution in [0, 0.1) is 0 Å². The van der Waals surface area contributed by atoms with E-state index in [1.165, 1.54) is 0 Å². The Labute approximate surface area is 142 Å². The molecular formula is C18H23N3O3. The van der Waals surface area contributed by atoms with Gasteiger partial charge in [-0.3, -0.25) is 4.79 Å². The summed E-state index contributed by atoms with van der Waals surface area (Å²) in [5.41, 5.74) is 1.69. The van der Waals surface area contributed by atoms with Crippen LogP contribution in [0.4, 0.5) is 5.82 Å². The summed E-state index contributed by atoms with van der Waals surface area (Å²) in [5, 5.41) is 6.00. The maximum atomic E-state index is 12.1.